The highest BCUT2D eigenvalue weighted by molar-refractivity contribution is 8.00. The first-order chi connectivity index (χ1) is 16.9. The molecule has 4 rings (SSSR count). The van der Waals surface area contributed by atoms with E-state index >= 15 is 0 Å². The zero-order valence-electron chi connectivity index (χ0n) is 20.4. The average molecular weight is 514 g/mol. The third-order valence-corrected chi connectivity index (χ3v) is 7.61. The molecule has 6 nitrogen and oxygen atoms in total. The Hall–Kier alpha value is -2.48. The molecule has 0 aliphatic carbocycles. The van der Waals surface area contributed by atoms with E-state index in [1.165, 1.54) is 11.8 Å². The van der Waals surface area contributed by atoms with Crippen molar-refractivity contribution < 1.29 is 14.3 Å². The van der Waals surface area contributed by atoms with Gasteiger partial charge in [-0.25, -0.2) is 0 Å². The molecule has 3 aromatic rings. The molecule has 0 saturated heterocycles. The molecule has 0 unspecified atom stereocenters. The Kier molecular flexibility index (Phi) is 8.42. The van der Waals surface area contributed by atoms with Crippen LogP contribution in [0.25, 0.3) is 10.9 Å². The van der Waals surface area contributed by atoms with Crippen LogP contribution in [0.15, 0.2) is 53.6 Å². The molecule has 0 bridgehead atoms. The summed E-state index contributed by atoms with van der Waals surface area (Å²) in [5.41, 5.74) is 3.04. The fourth-order valence-electron chi connectivity index (χ4n) is 4.48. The minimum absolute atomic E-state index is 0.0347. The first kappa shape index (κ1) is 25.6. The molecule has 1 aromatic heterocycles. The third kappa shape index (κ3) is 5.85. The number of hydrogen-bond donors (Lipinski definition) is 1. The van der Waals surface area contributed by atoms with Crippen LogP contribution in [0.5, 0.6) is 0 Å². The Morgan fingerprint density at radius 3 is 2.69 bits per heavy atom. The lowest BCUT2D eigenvalue weighted by atomic mass is 10.0. The van der Waals surface area contributed by atoms with E-state index in [-0.39, 0.29) is 17.9 Å². The van der Waals surface area contributed by atoms with Crippen molar-refractivity contribution >= 4 is 46.1 Å². The summed E-state index contributed by atoms with van der Waals surface area (Å²) in [7, 11) is 2.00. The van der Waals surface area contributed by atoms with E-state index < -0.39 is 6.04 Å². The molecule has 0 saturated carbocycles. The van der Waals surface area contributed by atoms with Gasteiger partial charge in [0.05, 0.1) is 16.9 Å². The fourth-order valence-corrected chi connectivity index (χ4v) is 5.70. The molecule has 2 aromatic carbocycles. The molecule has 0 radical (unpaired) electrons. The molecule has 0 spiro atoms. The van der Waals surface area contributed by atoms with Crippen LogP contribution in [0.3, 0.4) is 0 Å². The van der Waals surface area contributed by atoms with Crippen LogP contribution < -0.4 is 5.32 Å². The molecule has 0 fully saturated rings. The fraction of sp³-hybridized carbons (Fsp3) is 0.407. The van der Waals surface area contributed by atoms with Crippen LogP contribution in [0, 0.1) is 0 Å². The standard InChI is InChI=1S/C27H32ClN3O3S/c1-18(2)34-16-6-14-29-26(33)25-24-21-7-4-5-8-22(21)30(3)27(24)35-17-23(32)31(25)15-13-19-9-11-20(28)12-10-19/h4-5,7-12,18,25H,6,13-17H2,1-3H3,(H,29,33)/t25-/m0/s1. The number of aromatic nitrogens is 1. The number of rotatable bonds is 9. The maximum atomic E-state index is 13.7. The summed E-state index contributed by atoms with van der Waals surface area (Å²) >= 11 is 7.55. The highest BCUT2D eigenvalue weighted by atomic mass is 35.5. The second-order valence-electron chi connectivity index (χ2n) is 9.01. The average Bonchev–Trinajstić information content (AvgIpc) is 3.02. The van der Waals surface area contributed by atoms with Gasteiger partial charge in [0.2, 0.25) is 11.8 Å². The van der Waals surface area contributed by atoms with Gasteiger partial charge in [0, 0.05) is 48.2 Å². The van der Waals surface area contributed by atoms with Crippen molar-refractivity contribution in [1.29, 1.82) is 0 Å². The second-order valence-corrected chi connectivity index (χ2v) is 10.4. The Balaban J connectivity index is 1.65. The van der Waals surface area contributed by atoms with Crippen molar-refractivity contribution in [3.05, 3.63) is 64.7 Å². The summed E-state index contributed by atoms with van der Waals surface area (Å²) < 4.78 is 7.71. The maximum absolute atomic E-state index is 13.7. The maximum Gasteiger partial charge on any atom is 0.247 e. The molecule has 2 heterocycles. The van der Waals surface area contributed by atoms with Crippen molar-refractivity contribution in [2.75, 3.05) is 25.4 Å². The van der Waals surface area contributed by atoms with E-state index in [1.54, 1.807) is 4.90 Å². The highest BCUT2D eigenvalue weighted by Gasteiger charge is 2.38. The van der Waals surface area contributed by atoms with Crippen LogP contribution in [0.1, 0.15) is 37.4 Å². The van der Waals surface area contributed by atoms with Gasteiger partial charge >= 0.3 is 0 Å². The van der Waals surface area contributed by atoms with Gasteiger partial charge < -0.3 is 19.5 Å². The van der Waals surface area contributed by atoms with Crippen molar-refractivity contribution in [2.24, 2.45) is 7.05 Å². The number of nitrogens with zero attached hydrogens (tertiary/aromatic N) is 2. The van der Waals surface area contributed by atoms with Crippen LogP contribution in [-0.2, 0) is 27.8 Å². The summed E-state index contributed by atoms with van der Waals surface area (Å²) in [5, 5.41) is 5.73. The summed E-state index contributed by atoms with van der Waals surface area (Å²) in [6.45, 7) is 5.51. The number of benzene rings is 2. The zero-order valence-corrected chi connectivity index (χ0v) is 22.0. The van der Waals surface area contributed by atoms with Crippen molar-refractivity contribution in [3.63, 3.8) is 0 Å². The molecule has 1 aliphatic heterocycles. The van der Waals surface area contributed by atoms with E-state index in [2.05, 4.69) is 16.0 Å². The number of hydrogen-bond acceptors (Lipinski definition) is 4. The first-order valence-electron chi connectivity index (χ1n) is 12.0. The minimum atomic E-state index is -0.697. The SMILES string of the molecule is CC(C)OCCCNC(=O)[C@@H]1c2c(n(C)c3ccccc23)SCC(=O)N1CCc1ccc(Cl)cc1. The summed E-state index contributed by atoms with van der Waals surface area (Å²) in [6.07, 6.45) is 1.51. The second kappa shape index (κ2) is 11.5. The number of carbonyl (C=O) groups excluding carboxylic acids is 2. The van der Waals surface area contributed by atoms with E-state index in [0.717, 1.165) is 27.1 Å². The smallest absolute Gasteiger partial charge is 0.247 e. The number of halogens is 1. The number of ether oxygens (including phenoxy) is 1. The van der Waals surface area contributed by atoms with Crippen LogP contribution in [0.4, 0.5) is 0 Å². The topological polar surface area (TPSA) is 63.6 Å². The van der Waals surface area contributed by atoms with Gasteiger partial charge in [-0.1, -0.05) is 53.7 Å². The number of fused-ring (bicyclic) bond motifs is 3. The molecular formula is C27H32ClN3O3S. The molecule has 1 N–H and O–H groups in total. The van der Waals surface area contributed by atoms with Gasteiger partial charge in [-0.15, -0.1) is 0 Å². The van der Waals surface area contributed by atoms with E-state index in [4.69, 9.17) is 16.3 Å². The zero-order chi connectivity index (χ0) is 24.9. The number of carbonyl (C=O) groups is 2. The van der Waals surface area contributed by atoms with E-state index in [9.17, 15) is 9.59 Å². The van der Waals surface area contributed by atoms with E-state index in [0.29, 0.717) is 43.3 Å². The lowest BCUT2D eigenvalue weighted by molar-refractivity contribution is -0.138. The Labute approximate surface area is 216 Å². The van der Waals surface area contributed by atoms with Crippen molar-refractivity contribution in [1.82, 2.24) is 14.8 Å². The quantitative estimate of drug-likeness (QED) is 0.410. The van der Waals surface area contributed by atoms with Crippen LogP contribution in [-0.4, -0.2) is 52.8 Å². The molecule has 186 valence electrons. The molecule has 8 heteroatoms. The molecule has 1 atom stereocenters. The van der Waals surface area contributed by atoms with Crippen molar-refractivity contribution in [3.8, 4) is 0 Å². The van der Waals surface area contributed by atoms with Gasteiger partial charge in [-0.2, -0.15) is 0 Å². The molecule has 1 aliphatic rings. The Morgan fingerprint density at radius 2 is 1.94 bits per heavy atom. The van der Waals surface area contributed by atoms with Crippen LogP contribution >= 0.6 is 23.4 Å². The largest absolute Gasteiger partial charge is 0.379 e. The van der Waals surface area contributed by atoms with Gasteiger partial charge in [-0.05, 0) is 50.5 Å². The third-order valence-electron chi connectivity index (χ3n) is 6.20. The number of thioether (sulfide) groups is 1. The molecular weight excluding hydrogens is 482 g/mol. The Bertz CT molecular complexity index is 1190. The normalized spacial score (nSPS) is 16.0. The number of aryl methyl sites for hydroxylation is 1. The highest BCUT2D eigenvalue weighted by Crippen LogP contribution is 2.41. The monoisotopic (exact) mass is 513 g/mol. The predicted octanol–water partition coefficient (Wildman–Crippen LogP) is 4.98. The van der Waals surface area contributed by atoms with Gasteiger partial charge in [0.25, 0.3) is 0 Å². The minimum Gasteiger partial charge on any atom is -0.379 e. The summed E-state index contributed by atoms with van der Waals surface area (Å²) in [4.78, 5) is 28.8. The van der Waals surface area contributed by atoms with E-state index in [1.807, 2.05) is 63.4 Å². The lowest BCUT2D eigenvalue weighted by Crippen LogP contribution is -2.45. The van der Waals surface area contributed by atoms with Gasteiger partial charge in [0.15, 0.2) is 0 Å². The first-order valence-corrected chi connectivity index (χ1v) is 13.4. The van der Waals surface area contributed by atoms with Gasteiger partial charge in [0.1, 0.15) is 6.04 Å². The molecule has 35 heavy (non-hydrogen) atoms. The van der Waals surface area contributed by atoms with Crippen LogP contribution in [0.2, 0.25) is 5.02 Å². The Morgan fingerprint density at radius 1 is 1.20 bits per heavy atom. The molecule has 2 amide bonds. The summed E-state index contributed by atoms with van der Waals surface area (Å²) in [5.74, 6) is 0.107. The van der Waals surface area contributed by atoms with Gasteiger partial charge in [-0.3, -0.25) is 9.59 Å². The van der Waals surface area contributed by atoms with Crippen molar-refractivity contribution in [2.45, 2.75) is 43.9 Å². The summed E-state index contributed by atoms with van der Waals surface area (Å²) in [6, 6.07) is 15.0. The number of nitrogens with one attached hydrogen (secondary N) is 1. The number of para-hydroxylation sites is 1. The predicted molar refractivity (Wildman–Crippen MR) is 142 cm³/mol. The lowest BCUT2D eigenvalue weighted by Gasteiger charge is -2.30. The number of amides is 2.